The second-order valence-corrected chi connectivity index (χ2v) is 6.10. The fraction of sp³-hybridized carbons (Fsp3) is 0.438. The maximum atomic E-state index is 6.26. The third-order valence-electron chi connectivity index (χ3n) is 4.07. The Labute approximate surface area is 137 Å². The number of halogens is 2. The second kappa shape index (κ2) is 6.93. The van der Waals surface area contributed by atoms with Crippen molar-refractivity contribution < 1.29 is 0 Å². The number of nitrogens with zero attached hydrogens (tertiary/aromatic N) is 2. The zero-order chi connectivity index (χ0) is 14.1. The van der Waals surface area contributed by atoms with Gasteiger partial charge in [0.1, 0.15) is 0 Å². The third kappa shape index (κ3) is 3.49. The molecule has 2 aromatic rings. The quantitative estimate of drug-likeness (QED) is 0.916. The molecule has 0 bridgehead atoms. The lowest BCUT2D eigenvalue weighted by atomic mass is 10.1. The Morgan fingerprint density at radius 2 is 2.14 bits per heavy atom. The minimum atomic E-state index is 0. The first kappa shape index (κ1) is 16.5. The van der Waals surface area contributed by atoms with E-state index in [2.05, 4.69) is 35.1 Å². The number of hydrogen-bond acceptors (Lipinski definition) is 3. The largest absolute Gasteiger partial charge is 0.311 e. The van der Waals surface area contributed by atoms with Gasteiger partial charge in [0.15, 0.2) is 0 Å². The maximum Gasteiger partial charge on any atom is 0.0761 e. The first-order chi connectivity index (χ1) is 9.65. The van der Waals surface area contributed by atoms with Crippen LogP contribution in [-0.2, 0) is 6.54 Å². The Bertz CT molecular complexity index is 617. The van der Waals surface area contributed by atoms with Gasteiger partial charge < -0.3 is 5.32 Å². The average molecular weight is 326 g/mol. The van der Waals surface area contributed by atoms with E-state index in [0.717, 1.165) is 35.6 Å². The molecule has 21 heavy (non-hydrogen) atoms. The van der Waals surface area contributed by atoms with E-state index in [-0.39, 0.29) is 12.4 Å². The van der Waals surface area contributed by atoms with Gasteiger partial charge in [0, 0.05) is 48.3 Å². The molecule has 3 nitrogen and oxygen atoms in total. The summed E-state index contributed by atoms with van der Waals surface area (Å²) in [6.07, 6.45) is 1.84. The predicted molar refractivity (Wildman–Crippen MR) is 91.3 cm³/mol. The van der Waals surface area contributed by atoms with Crippen LogP contribution in [0.3, 0.4) is 0 Å². The van der Waals surface area contributed by atoms with E-state index in [1.165, 1.54) is 5.56 Å². The van der Waals surface area contributed by atoms with Crippen molar-refractivity contribution in [3.63, 3.8) is 0 Å². The molecule has 2 unspecified atom stereocenters. The van der Waals surface area contributed by atoms with Crippen LogP contribution in [0.25, 0.3) is 10.9 Å². The summed E-state index contributed by atoms with van der Waals surface area (Å²) < 4.78 is 0. The summed E-state index contributed by atoms with van der Waals surface area (Å²) in [5, 5.41) is 5.34. The van der Waals surface area contributed by atoms with E-state index < -0.39 is 0 Å². The molecule has 1 saturated heterocycles. The Morgan fingerprint density at radius 1 is 1.33 bits per heavy atom. The predicted octanol–water partition coefficient (Wildman–Crippen LogP) is 3.49. The number of nitrogens with one attached hydrogen (secondary N) is 1. The average Bonchev–Trinajstić information content (AvgIpc) is 2.46. The molecule has 1 aliphatic heterocycles. The standard InChI is InChI=1S/C16H20ClN3.ClH/c1-11-9-20(12(2)8-19-11)10-13-5-6-15(17)14-4-3-7-18-16(13)14;/h3-7,11-12,19H,8-10H2,1-2H3;1H. The highest BCUT2D eigenvalue weighted by atomic mass is 35.5. The SMILES string of the molecule is CC1CN(Cc2ccc(Cl)c3cccnc23)C(C)CN1.Cl. The first-order valence-electron chi connectivity index (χ1n) is 7.14. The topological polar surface area (TPSA) is 28.2 Å². The molecule has 5 heteroatoms. The van der Waals surface area contributed by atoms with Gasteiger partial charge in [-0.15, -0.1) is 12.4 Å². The Morgan fingerprint density at radius 3 is 2.95 bits per heavy atom. The minimum absolute atomic E-state index is 0. The second-order valence-electron chi connectivity index (χ2n) is 5.69. The lowest BCUT2D eigenvalue weighted by molar-refractivity contribution is 0.139. The summed E-state index contributed by atoms with van der Waals surface area (Å²) in [4.78, 5) is 7.04. The van der Waals surface area contributed by atoms with E-state index in [0.29, 0.717) is 12.1 Å². The van der Waals surface area contributed by atoms with Crippen molar-refractivity contribution in [2.24, 2.45) is 0 Å². The molecule has 114 valence electrons. The van der Waals surface area contributed by atoms with Gasteiger partial charge in [-0.3, -0.25) is 9.88 Å². The fourth-order valence-corrected chi connectivity index (χ4v) is 3.08. The van der Waals surface area contributed by atoms with Crippen LogP contribution in [0.4, 0.5) is 0 Å². The summed E-state index contributed by atoms with van der Waals surface area (Å²) in [6, 6.07) is 9.15. The van der Waals surface area contributed by atoms with Crippen molar-refractivity contribution in [3.05, 3.63) is 41.0 Å². The van der Waals surface area contributed by atoms with Gasteiger partial charge in [0.25, 0.3) is 0 Å². The van der Waals surface area contributed by atoms with Crippen LogP contribution in [0.5, 0.6) is 0 Å². The molecule has 0 spiro atoms. The van der Waals surface area contributed by atoms with E-state index in [1.54, 1.807) is 0 Å². The van der Waals surface area contributed by atoms with Crippen LogP contribution in [0.15, 0.2) is 30.5 Å². The highest BCUT2D eigenvalue weighted by Crippen LogP contribution is 2.26. The molecule has 1 aromatic carbocycles. The van der Waals surface area contributed by atoms with Crippen molar-refractivity contribution in [3.8, 4) is 0 Å². The number of hydrogen-bond donors (Lipinski definition) is 1. The molecule has 1 fully saturated rings. The number of pyridine rings is 1. The van der Waals surface area contributed by atoms with Gasteiger partial charge >= 0.3 is 0 Å². The van der Waals surface area contributed by atoms with Crippen LogP contribution in [0.1, 0.15) is 19.4 Å². The molecule has 1 N–H and O–H groups in total. The number of piperazine rings is 1. The minimum Gasteiger partial charge on any atom is -0.311 e. The smallest absolute Gasteiger partial charge is 0.0761 e. The molecule has 0 radical (unpaired) electrons. The Hall–Kier alpha value is -0.870. The van der Waals surface area contributed by atoms with E-state index in [4.69, 9.17) is 11.6 Å². The lowest BCUT2D eigenvalue weighted by Gasteiger charge is -2.37. The van der Waals surface area contributed by atoms with Gasteiger partial charge in [-0.1, -0.05) is 17.7 Å². The Kier molecular flexibility index (Phi) is 5.44. The summed E-state index contributed by atoms with van der Waals surface area (Å²) >= 11 is 6.26. The molecule has 0 saturated carbocycles. The Balaban J connectivity index is 0.00000161. The van der Waals surface area contributed by atoms with Crippen LogP contribution in [-0.4, -0.2) is 35.1 Å². The molecule has 1 aliphatic rings. The van der Waals surface area contributed by atoms with Gasteiger partial charge in [-0.05, 0) is 37.6 Å². The molecule has 0 amide bonds. The number of benzene rings is 1. The van der Waals surface area contributed by atoms with Gasteiger partial charge in [0.2, 0.25) is 0 Å². The highest BCUT2D eigenvalue weighted by Gasteiger charge is 2.23. The molecule has 2 atom stereocenters. The highest BCUT2D eigenvalue weighted by molar-refractivity contribution is 6.35. The van der Waals surface area contributed by atoms with Crippen molar-refractivity contribution in [2.75, 3.05) is 13.1 Å². The summed E-state index contributed by atoms with van der Waals surface area (Å²) in [7, 11) is 0. The van der Waals surface area contributed by atoms with Crippen molar-refractivity contribution in [1.82, 2.24) is 15.2 Å². The van der Waals surface area contributed by atoms with Crippen LogP contribution in [0, 0.1) is 0 Å². The monoisotopic (exact) mass is 325 g/mol. The maximum absolute atomic E-state index is 6.26. The number of aromatic nitrogens is 1. The summed E-state index contributed by atoms with van der Waals surface area (Å²) in [5.74, 6) is 0. The van der Waals surface area contributed by atoms with E-state index >= 15 is 0 Å². The van der Waals surface area contributed by atoms with Crippen molar-refractivity contribution >= 4 is 34.9 Å². The molecule has 3 rings (SSSR count). The molecular formula is C16H21Cl2N3. The fourth-order valence-electron chi connectivity index (χ4n) is 2.86. The normalized spacial score (nSPS) is 23.0. The molecular weight excluding hydrogens is 305 g/mol. The van der Waals surface area contributed by atoms with E-state index in [9.17, 15) is 0 Å². The van der Waals surface area contributed by atoms with Crippen molar-refractivity contribution in [1.29, 1.82) is 0 Å². The summed E-state index contributed by atoms with van der Waals surface area (Å²) in [5.41, 5.74) is 2.28. The lowest BCUT2D eigenvalue weighted by Crippen LogP contribution is -2.53. The summed E-state index contributed by atoms with van der Waals surface area (Å²) in [6.45, 7) is 7.54. The van der Waals surface area contributed by atoms with Gasteiger partial charge in [-0.2, -0.15) is 0 Å². The van der Waals surface area contributed by atoms with Crippen LogP contribution < -0.4 is 5.32 Å². The third-order valence-corrected chi connectivity index (χ3v) is 4.40. The number of rotatable bonds is 2. The van der Waals surface area contributed by atoms with Crippen LogP contribution in [0.2, 0.25) is 5.02 Å². The zero-order valence-electron chi connectivity index (χ0n) is 12.3. The van der Waals surface area contributed by atoms with E-state index in [1.807, 2.05) is 24.4 Å². The zero-order valence-corrected chi connectivity index (χ0v) is 13.9. The first-order valence-corrected chi connectivity index (χ1v) is 7.52. The molecule has 1 aromatic heterocycles. The number of fused-ring (bicyclic) bond motifs is 1. The van der Waals surface area contributed by atoms with Crippen molar-refractivity contribution in [2.45, 2.75) is 32.5 Å². The molecule has 0 aliphatic carbocycles. The van der Waals surface area contributed by atoms with Crippen LogP contribution >= 0.6 is 24.0 Å². The molecule has 2 heterocycles. The van der Waals surface area contributed by atoms with Gasteiger partial charge in [-0.25, -0.2) is 0 Å². The van der Waals surface area contributed by atoms with Gasteiger partial charge in [0.05, 0.1) is 5.52 Å².